The number of rotatable bonds is 7. The van der Waals surface area contributed by atoms with Crippen LogP contribution in [-0.4, -0.2) is 32.2 Å². The molecule has 1 aromatic heterocycles. The van der Waals surface area contributed by atoms with Gasteiger partial charge in [0, 0.05) is 19.3 Å². The second kappa shape index (κ2) is 6.44. The molecule has 1 rings (SSSR count). The summed E-state index contributed by atoms with van der Waals surface area (Å²) in [5.41, 5.74) is 0. The highest BCUT2D eigenvalue weighted by molar-refractivity contribution is 7.89. The van der Waals surface area contributed by atoms with Crippen molar-refractivity contribution >= 4 is 15.8 Å². The lowest BCUT2D eigenvalue weighted by Gasteiger charge is -2.06. The Balaban J connectivity index is 2.14. The molecule has 0 aliphatic carbocycles. The van der Waals surface area contributed by atoms with Gasteiger partial charge in [-0.15, -0.1) is 0 Å². The van der Waals surface area contributed by atoms with E-state index in [1.54, 1.807) is 13.1 Å². The first kappa shape index (κ1) is 12.9. The Morgan fingerprint density at radius 2 is 2.12 bits per heavy atom. The van der Waals surface area contributed by atoms with Crippen LogP contribution >= 0.6 is 0 Å². The number of nitrogens with zero attached hydrogens (tertiary/aromatic N) is 1. The summed E-state index contributed by atoms with van der Waals surface area (Å²) in [7, 11) is -3.06. The maximum atomic E-state index is 11.1. The summed E-state index contributed by atoms with van der Waals surface area (Å²) in [5, 5.41) is 3.10. The van der Waals surface area contributed by atoms with Crippen molar-refractivity contribution in [3.05, 3.63) is 24.4 Å². The van der Waals surface area contributed by atoms with E-state index >= 15 is 0 Å². The van der Waals surface area contributed by atoms with E-state index in [-0.39, 0.29) is 5.75 Å². The van der Waals surface area contributed by atoms with Crippen LogP contribution in [0.25, 0.3) is 0 Å². The van der Waals surface area contributed by atoms with Gasteiger partial charge in [0.25, 0.3) is 0 Å². The van der Waals surface area contributed by atoms with Gasteiger partial charge in [0.2, 0.25) is 10.0 Å². The lowest BCUT2D eigenvalue weighted by atomic mass is 10.4. The van der Waals surface area contributed by atoms with Gasteiger partial charge in [0.05, 0.1) is 5.75 Å². The van der Waals surface area contributed by atoms with Crippen LogP contribution in [0.5, 0.6) is 0 Å². The van der Waals surface area contributed by atoms with Crippen molar-refractivity contribution in [2.45, 2.75) is 13.3 Å². The highest BCUT2D eigenvalue weighted by atomic mass is 32.2. The first-order valence-electron chi connectivity index (χ1n) is 5.26. The van der Waals surface area contributed by atoms with E-state index in [0.29, 0.717) is 13.1 Å². The Kier molecular flexibility index (Phi) is 5.21. The van der Waals surface area contributed by atoms with Crippen LogP contribution in [-0.2, 0) is 10.0 Å². The molecule has 0 unspecified atom stereocenters. The van der Waals surface area contributed by atoms with E-state index in [1.165, 1.54) is 0 Å². The zero-order valence-electron chi connectivity index (χ0n) is 9.31. The number of hydrogen-bond acceptors (Lipinski definition) is 4. The summed E-state index contributed by atoms with van der Waals surface area (Å²) in [4.78, 5) is 4.09. The van der Waals surface area contributed by atoms with Crippen LogP contribution in [0.3, 0.4) is 0 Å². The molecule has 2 N–H and O–H groups in total. The molecule has 0 bridgehead atoms. The van der Waals surface area contributed by atoms with Crippen molar-refractivity contribution in [1.29, 1.82) is 0 Å². The first-order valence-corrected chi connectivity index (χ1v) is 6.91. The van der Waals surface area contributed by atoms with Crippen molar-refractivity contribution in [2.75, 3.05) is 24.2 Å². The van der Waals surface area contributed by atoms with Gasteiger partial charge in [-0.3, -0.25) is 0 Å². The van der Waals surface area contributed by atoms with Gasteiger partial charge in [-0.05, 0) is 25.5 Å². The standard InChI is InChI=1S/C10H17N3O2S/c1-2-16(14,15)13-9-5-8-12-10-6-3-4-7-11-10/h3-4,6-7,13H,2,5,8-9H2,1H3,(H,11,12). The van der Waals surface area contributed by atoms with E-state index in [1.807, 2.05) is 18.2 Å². The predicted octanol–water partition coefficient (Wildman–Crippen LogP) is 0.823. The van der Waals surface area contributed by atoms with Crippen LogP contribution < -0.4 is 10.0 Å². The molecule has 0 spiro atoms. The molecule has 6 heteroatoms. The van der Waals surface area contributed by atoms with Gasteiger partial charge in [0.1, 0.15) is 5.82 Å². The molecular formula is C10H17N3O2S. The molecule has 0 radical (unpaired) electrons. The number of pyridine rings is 1. The Morgan fingerprint density at radius 1 is 1.31 bits per heavy atom. The third kappa shape index (κ3) is 5.09. The molecule has 1 heterocycles. The largest absolute Gasteiger partial charge is 0.370 e. The molecule has 1 aromatic rings. The Hall–Kier alpha value is -1.14. The zero-order chi connectivity index (χ0) is 11.9. The molecule has 5 nitrogen and oxygen atoms in total. The lowest BCUT2D eigenvalue weighted by Crippen LogP contribution is -2.27. The van der Waals surface area contributed by atoms with Crippen molar-refractivity contribution in [3.8, 4) is 0 Å². The Bertz CT molecular complexity index is 392. The molecule has 16 heavy (non-hydrogen) atoms. The van der Waals surface area contributed by atoms with Gasteiger partial charge < -0.3 is 5.32 Å². The monoisotopic (exact) mass is 243 g/mol. The van der Waals surface area contributed by atoms with Crippen LogP contribution in [0.1, 0.15) is 13.3 Å². The average Bonchev–Trinajstić information content (AvgIpc) is 2.30. The minimum absolute atomic E-state index is 0.126. The van der Waals surface area contributed by atoms with Crippen molar-refractivity contribution in [2.24, 2.45) is 0 Å². The van der Waals surface area contributed by atoms with E-state index in [0.717, 1.165) is 12.2 Å². The maximum Gasteiger partial charge on any atom is 0.211 e. The molecule has 0 aliphatic rings. The summed E-state index contributed by atoms with van der Waals surface area (Å²) >= 11 is 0. The Labute approximate surface area is 96.3 Å². The summed E-state index contributed by atoms with van der Waals surface area (Å²) in [6.07, 6.45) is 2.44. The van der Waals surface area contributed by atoms with Gasteiger partial charge >= 0.3 is 0 Å². The summed E-state index contributed by atoms with van der Waals surface area (Å²) < 4.78 is 24.7. The van der Waals surface area contributed by atoms with Crippen molar-refractivity contribution in [3.63, 3.8) is 0 Å². The van der Waals surface area contributed by atoms with E-state index in [2.05, 4.69) is 15.0 Å². The fraction of sp³-hybridized carbons (Fsp3) is 0.500. The third-order valence-corrected chi connectivity index (χ3v) is 3.43. The van der Waals surface area contributed by atoms with Crippen LogP contribution in [0, 0.1) is 0 Å². The predicted molar refractivity (Wildman–Crippen MR) is 64.8 cm³/mol. The molecule has 0 fully saturated rings. The number of anilines is 1. The minimum atomic E-state index is -3.06. The second-order valence-corrected chi connectivity index (χ2v) is 5.39. The molecule has 0 aliphatic heterocycles. The zero-order valence-corrected chi connectivity index (χ0v) is 10.1. The first-order chi connectivity index (χ1) is 7.64. The number of nitrogens with one attached hydrogen (secondary N) is 2. The fourth-order valence-corrected chi connectivity index (χ4v) is 1.76. The SMILES string of the molecule is CCS(=O)(=O)NCCCNc1ccccn1. The summed E-state index contributed by atoms with van der Waals surface area (Å²) in [6, 6.07) is 5.62. The molecular weight excluding hydrogens is 226 g/mol. The third-order valence-electron chi connectivity index (χ3n) is 2.03. The summed E-state index contributed by atoms with van der Waals surface area (Å²) in [6.45, 7) is 2.77. The van der Waals surface area contributed by atoms with Crippen molar-refractivity contribution < 1.29 is 8.42 Å². The molecule has 0 aromatic carbocycles. The topological polar surface area (TPSA) is 71.1 Å². The van der Waals surface area contributed by atoms with E-state index < -0.39 is 10.0 Å². The van der Waals surface area contributed by atoms with Gasteiger partial charge in [-0.1, -0.05) is 6.07 Å². The highest BCUT2D eigenvalue weighted by Crippen LogP contribution is 1.98. The molecule has 90 valence electrons. The van der Waals surface area contributed by atoms with Gasteiger partial charge in [0.15, 0.2) is 0 Å². The summed E-state index contributed by atoms with van der Waals surface area (Å²) in [5.74, 6) is 0.932. The van der Waals surface area contributed by atoms with Gasteiger partial charge in [-0.2, -0.15) is 0 Å². The number of hydrogen-bond donors (Lipinski definition) is 2. The average molecular weight is 243 g/mol. The minimum Gasteiger partial charge on any atom is -0.370 e. The fourth-order valence-electron chi connectivity index (χ4n) is 1.10. The smallest absolute Gasteiger partial charge is 0.211 e. The highest BCUT2D eigenvalue weighted by Gasteiger charge is 2.03. The Morgan fingerprint density at radius 3 is 2.75 bits per heavy atom. The quantitative estimate of drug-likeness (QED) is 0.696. The van der Waals surface area contributed by atoms with Gasteiger partial charge in [-0.25, -0.2) is 18.1 Å². The lowest BCUT2D eigenvalue weighted by molar-refractivity contribution is 0.581. The molecule has 0 atom stereocenters. The normalized spacial score (nSPS) is 11.3. The van der Waals surface area contributed by atoms with Crippen molar-refractivity contribution in [1.82, 2.24) is 9.71 Å². The van der Waals surface area contributed by atoms with Crippen LogP contribution in [0.15, 0.2) is 24.4 Å². The molecule has 0 saturated carbocycles. The van der Waals surface area contributed by atoms with E-state index in [9.17, 15) is 8.42 Å². The van der Waals surface area contributed by atoms with Crippen LogP contribution in [0.2, 0.25) is 0 Å². The maximum absolute atomic E-state index is 11.1. The molecule has 0 saturated heterocycles. The second-order valence-electron chi connectivity index (χ2n) is 3.29. The number of aromatic nitrogens is 1. The van der Waals surface area contributed by atoms with E-state index in [4.69, 9.17) is 0 Å². The number of sulfonamides is 1. The van der Waals surface area contributed by atoms with Crippen LogP contribution in [0.4, 0.5) is 5.82 Å². The molecule has 0 amide bonds.